The molecule has 114 valence electrons. The normalized spacial score (nSPS) is 11.3. The van der Waals surface area contributed by atoms with Gasteiger partial charge in [0.15, 0.2) is 5.76 Å². The van der Waals surface area contributed by atoms with Crippen molar-refractivity contribution in [1.29, 1.82) is 0 Å². The lowest BCUT2D eigenvalue weighted by Gasteiger charge is -2.13. The van der Waals surface area contributed by atoms with Gasteiger partial charge in [0.05, 0.1) is 12.7 Å². The predicted molar refractivity (Wildman–Crippen MR) is 91.2 cm³/mol. The van der Waals surface area contributed by atoms with Crippen LogP contribution in [-0.2, 0) is 13.1 Å². The number of aromatic nitrogens is 1. The van der Waals surface area contributed by atoms with Gasteiger partial charge in [0, 0.05) is 22.0 Å². The molecule has 0 radical (unpaired) electrons. The maximum atomic E-state index is 5.90. The van der Waals surface area contributed by atoms with Crippen LogP contribution in [0.4, 0.5) is 0 Å². The summed E-state index contributed by atoms with van der Waals surface area (Å²) in [6.07, 6.45) is 1.77. The van der Waals surface area contributed by atoms with Crippen LogP contribution in [0.1, 0.15) is 16.3 Å². The summed E-state index contributed by atoms with van der Waals surface area (Å²) in [6.45, 7) is 3.73. The molecule has 1 aromatic carbocycles. The molecule has 0 bridgehead atoms. The molecule has 22 heavy (non-hydrogen) atoms. The Morgan fingerprint density at radius 2 is 1.95 bits per heavy atom. The lowest BCUT2D eigenvalue weighted by Crippen LogP contribution is -2.17. The Morgan fingerprint density at radius 3 is 2.64 bits per heavy atom. The molecule has 0 aliphatic rings. The Bertz CT molecular complexity index is 748. The van der Waals surface area contributed by atoms with Gasteiger partial charge in [-0.3, -0.25) is 4.90 Å². The third kappa shape index (κ3) is 3.58. The second-order valence-corrected chi connectivity index (χ2v) is 6.76. The fraction of sp³-hybridized carbons (Fsp3) is 0.235. The van der Waals surface area contributed by atoms with Gasteiger partial charge >= 0.3 is 0 Å². The highest BCUT2D eigenvalue weighted by Gasteiger charge is 2.10. The Labute approximate surface area is 139 Å². The van der Waals surface area contributed by atoms with Crippen LogP contribution in [0.5, 0.6) is 0 Å². The van der Waals surface area contributed by atoms with Crippen molar-refractivity contribution in [2.45, 2.75) is 20.0 Å². The molecule has 0 spiro atoms. The van der Waals surface area contributed by atoms with Gasteiger partial charge in [0.25, 0.3) is 0 Å². The van der Waals surface area contributed by atoms with Crippen LogP contribution in [0.25, 0.3) is 11.3 Å². The molecule has 0 aliphatic heterocycles. The molecule has 3 rings (SSSR count). The predicted octanol–water partition coefficient (Wildman–Crippen LogP) is 5.00. The summed E-state index contributed by atoms with van der Waals surface area (Å²) in [5, 5.41) is 2.84. The van der Waals surface area contributed by atoms with Crippen molar-refractivity contribution in [1.82, 2.24) is 9.88 Å². The van der Waals surface area contributed by atoms with E-state index in [0.29, 0.717) is 6.54 Å². The van der Waals surface area contributed by atoms with Crippen LogP contribution in [0.15, 0.2) is 46.3 Å². The Balaban J connectivity index is 1.66. The van der Waals surface area contributed by atoms with Crippen LogP contribution in [0, 0.1) is 6.92 Å². The number of rotatable bonds is 5. The first-order chi connectivity index (χ1) is 10.6. The van der Waals surface area contributed by atoms with E-state index in [9.17, 15) is 0 Å². The Morgan fingerprint density at radius 1 is 1.18 bits per heavy atom. The number of oxazole rings is 1. The molecule has 3 nitrogen and oxygen atoms in total. The summed E-state index contributed by atoms with van der Waals surface area (Å²) < 4.78 is 5.84. The van der Waals surface area contributed by atoms with E-state index in [-0.39, 0.29) is 0 Å². The lowest BCUT2D eigenvalue weighted by molar-refractivity contribution is 0.284. The molecular weight excluding hydrogens is 316 g/mol. The first-order valence-electron chi connectivity index (χ1n) is 7.04. The number of aryl methyl sites for hydroxylation is 1. The van der Waals surface area contributed by atoms with E-state index in [4.69, 9.17) is 16.0 Å². The summed E-state index contributed by atoms with van der Waals surface area (Å²) in [4.78, 5) is 7.95. The van der Waals surface area contributed by atoms with Crippen molar-refractivity contribution < 1.29 is 4.42 Å². The van der Waals surface area contributed by atoms with Gasteiger partial charge in [-0.1, -0.05) is 11.6 Å². The smallest absolute Gasteiger partial charge is 0.209 e. The molecule has 0 saturated heterocycles. The summed E-state index contributed by atoms with van der Waals surface area (Å²) in [5.41, 5.74) is 2.33. The summed E-state index contributed by atoms with van der Waals surface area (Å²) >= 11 is 7.69. The number of nitrogens with zero attached hydrogens (tertiary/aromatic N) is 2. The van der Waals surface area contributed by atoms with Crippen molar-refractivity contribution in [2.24, 2.45) is 0 Å². The van der Waals surface area contributed by atoms with Crippen molar-refractivity contribution in [3.8, 4) is 11.3 Å². The monoisotopic (exact) mass is 332 g/mol. The molecule has 0 saturated carbocycles. The third-order valence-corrected chi connectivity index (χ3v) is 4.73. The van der Waals surface area contributed by atoms with Gasteiger partial charge in [-0.05, 0) is 55.2 Å². The molecular formula is C17H17ClN2OS. The fourth-order valence-electron chi connectivity index (χ4n) is 2.23. The summed E-state index contributed by atoms with van der Waals surface area (Å²) in [5.74, 6) is 1.49. The molecule has 3 aromatic rings. The zero-order valence-electron chi connectivity index (χ0n) is 12.5. The number of hydrogen-bond acceptors (Lipinski definition) is 4. The average Bonchev–Trinajstić information content (AvgIpc) is 3.10. The number of halogens is 1. The van der Waals surface area contributed by atoms with Crippen LogP contribution in [0.2, 0.25) is 5.02 Å². The highest BCUT2D eigenvalue weighted by Crippen LogP contribution is 2.23. The molecule has 5 heteroatoms. The topological polar surface area (TPSA) is 29.3 Å². The molecule has 2 heterocycles. The van der Waals surface area contributed by atoms with E-state index in [1.807, 2.05) is 24.3 Å². The van der Waals surface area contributed by atoms with Crippen molar-refractivity contribution in [3.05, 3.63) is 63.3 Å². The summed E-state index contributed by atoms with van der Waals surface area (Å²) in [7, 11) is 2.07. The zero-order valence-corrected chi connectivity index (χ0v) is 14.1. The molecule has 0 atom stereocenters. The highest BCUT2D eigenvalue weighted by atomic mass is 35.5. The standard InChI is InChI=1S/C17H17ClN2OS/c1-12-7-8-22-16(12)10-20(2)11-17-19-9-15(21-17)13-3-5-14(18)6-4-13/h3-9H,10-11H2,1-2H3. The Kier molecular flexibility index (Phi) is 4.62. The van der Waals surface area contributed by atoms with Crippen LogP contribution in [-0.4, -0.2) is 16.9 Å². The summed E-state index contributed by atoms with van der Waals surface area (Å²) in [6, 6.07) is 9.73. The second kappa shape index (κ2) is 6.65. The fourth-order valence-corrected chi connectivity index (χ4v) is 3.34. The maximum absolute atomic E-state index is 5.90. The first kappa shape index (κ1) is 15.3. The quantitative estimate of drug-likeness (QED) is 0.658. The first-order valence-corrected chi connectivity index (χ1v) is 8.30. The largest absolute Gasteiger partial charge is 0.439 e. The van der Waals surface area contributed by atoms with E-state index in [0.717, 1.165) is 28.8 Å². The minimum absolute atomic E-state index is 0.685. The van der Waals surface area contributed by atoms with Crippen molar-refractivity contribution in [2.75, 3.05) is 7.05 Å². The van der Waals surface area contributed by atoms with Crippen LogP contribution in [0.3, 0.4) is 0 Å². The maximum Gasteiger partial charge on any atom is 0.209 e. The van der Waals surface area contributed by atoms with E-state index in [1.165, 1.54) is 10.4 Å². The number of hydrogen-bond donors (Lipinski definition) is 0. The van der Waals surface area contributed by atoms with Gasteiger partial charge in [0.1, 0.15) is 0 Å². The van der Waals surface area contributed by atoms with Gasteiger partial charge in [-0.15, -0.1) is 11.3 Å². The molecule has 0 aliphatic carbocycles. The van der Waals surface area contributed by atoms with Gasteiger partial charge < -0.3 is 4.42 Å². The SMILES string of the molecule is Cc1ccsc1CN(C)Cc1ncc(-c2ccc(Cl)cc2)o1. The van der Waals surface area contributed by atoms with Crippen LogP contribution >= 0.6 is 22.9 Å². The third-order valence-electron chi connectivity index (χ3n) is 3.47. The van der Waals surface area contributed by atoms with E-state index < -0.39 is 0 Å². The minimum atomic E-state index is 0.685. The van der Waals surface area contributed by atoms with Crippen LogP contribution < -0.4 is 0 Å². The number of thiophene rings is 1. The van der Waals surface area contributed by atoms with Gasteiger partial charge in [0.2, 0.25) is 5.89 Å². The molecule has 0 fully saturated rings. The molecule has 0 unspecified atom stereocenters. The molecule has 2 aromatic heterocycles. The second-order valence-electron chi connectivity index (χ2n) is 5.32. The molecule has 0 N–H and O–H groups in total. The minimum Gasteiger partial charge on any atom is -0.439 e. The number of benzene rings is 1. The molecule has 0 amide bonds. The highest BCUT2D eigenvalue weighted by molar-refractivity contribution is 7.10. The lowest BCUT2D eigenvalue weighted by atomic mass is 10.2. The average molecular weight is 333 g/mol. The van der Waals surface area contributed by atoms with E-state index in [2.05, 4.69) is 35.3 Å². The Hall–Kier alpha value is -1.62. The van der Waals surface area contributed by atoms with E-state index >= 15 is 0 Å². The zero-order chi connectivity index (χ0) is 15.5. The van der Waals surface area contributed by atoms with Gasteiger partial charge in [-0.2, -0.15) is 0 Å². The van der Waals surface area contributed by atoms with Crippen molar-refractivity contribution >= 4 is 22.9 Å². The van der Waals surface area contributed by atoms with Crippen molar-refractivity contribution in [3.63, 3.8) is 0 Å². The van der Waals surface area contributed by atoms with Gasteiger partial charge in [-0.25, -0.2) is 4.98 Å². The van der Waals surface area contributed by atoms with E-state index in [1.54, 1.807) is 17.5 Å².